The van der Waals surface area contributed by atoms with E-state index in [-0.39, 0.29) is 34.6 Å². The molecule has 29 heavy (non-hydrogen) atoms. The molecular formula is C20H22ClFN2O4S. The predicted molar refractivity (Wildman–Crippen MR) is 108 cm³/mol. The number of carbonyl (C=O) groups excluding carboxylic acids is 1. The maximum Gasteiger partial charge on any atom is 0.254 e. The standard InChI is InChI=1S/C20H22ClFN2O4S/c1-13-11-24(12-14(2)28-13)20(25)16-5-3-15(4-6-16)10-23-29(26,27)17-7-8-19(22)18(21)9-17/h3-9,13-14,23H,10-12H2,1-2H3/t13-,14-/m1/s1. The third-order valence-electron chi connectivity index (χ3n) is 4.58. The number of halogens is 2. The lowest BCUT2D eigenvalue weighted by atomic mass is 10.1. The van der Waals surface area contributed by atoms with Crippen LogP contribution >= 0.6 is 11.6 Å². The first kappa shape index (κ1) is 21.7. The third-order valence-corrected chi connectivity index (χ3v) is 6.26. The zero-order valence-electron chi connectivity index (χ0n) is 16.1. The zero-order valence-corrected chi connectivity index (χ0v) is 17.6. The Hall–Kier alpha value is -2.00. The van der Waals surface area contributed by atoms with Crippen molar-refractivity contribution in [1.82, 2.24) is 9.62 Å². The lowest BCUT2D eigenvalue weighted by molar-refractivity contribution is -0.0586. The number of rotatable bonds is 5. The van der Waals surface area contributed by atoms with Crippen molar-refractivity contribution >= 4 is 27.5 Å². The highest BCUT2D eigenvalue weighted by atomic mass is 35.5. The van der Waals surface area contributed by atoms with Crippen molar-refractivity contribution < 1.29 is 22.3 Å². The minimum atomic E-state index is -3.84. The van der Waals surface area contributed by atoms with Crippen molar-refractivity contribution in [1.29, 1.82) is 0 Å². The van der Waals surface area contributed by atoms with Gasteiger partial charge in [0.15, 0.2) is 0 Å². The van der Waals surface area contributed by atoms with Crippen molar-refractivity contribution in [2.45, 2.75) is 37.5 Å². The first-order chi connectivity index (χ1) is 13.7. The van der Waals surface area contributed by atoms with Gasteiger partial charge < -0.3 is 9.64 Å². The van der Waals surface area contributed by atoms with E-state index in [1.54, 1.807) is 29.2 Å². The minimum absolute atomic E-state index is 0.0173. The fraction of sp³-hybridized carbons (Fsp3) is 0.350. The number of hydrogen-bond acceptors (Lipinski definition) is 4. The first-order valence-electron chi connectivity index (χ1n) is 9.14. The van der Waals surface area contributed by atoms with Crippen LogP contribution in [0.5, 0.6) is 0 Å². The summed E-state index contributed by atoms with van der Waals surface area (Å²) in [6.07, 6.45) is -0.0345. The van der Waals surface area contributed by atoms with Gasteiger partial charge in [-0.05, 0) is 49.7 Å². The summed E-state index contributed by atoms with van der Waals surface area (Å²) < 4.78 is 46.0. The van der Waals surface area contributed by atoms with Crippen LogP contribution in [0.15, 0.2) is 47.4 Å². The van der Waals surface area contributed by atoms with E-state index in [9.17, 15) is 17.6 Å². The van der Waals surface area contributed by atoms with Gasteiger partial charge in [-0.25, -0.2) is 17.5 Å². The molecule has 1 heterocycles. The van der Waals surface area contributed by atoms with E-state index in [4.69, 9.17) is 16.3 Å². The van der Waals surface area contributed by atoms with Gasteiger partial charge in [0.05, 0.1) is 22.1 Å². The van der Waals surface area contributed by atoms with E-state index < -0.39 is 15.8 Å². The normalized spacial score (nSPS) is 19.9. The molecule has 0 bridgehead atoms. The van der Waals surface area contributed by atoms with Crippen molar-refractivity contribution in [3.05, 3.63) is 64.4 Å². The summed E-state index contributed by atoms with van der Waals surface area (Å²) in [5.41, 5.74) is 1.21. The minimum Gasteiger partial charge on any atom is -0.372 e. The Morgan fingerprint density at radius 3 is 2.38 bits per heavy atom. The molecule has 0 aromatic heterocycles. The first-order valence-corrected chi connectivity index (χ1v) is 11.0. The Bertz CT molecular complexity index is 988. The van der Waals surface area contributed by atoms with Crippen LogP contribution in [-0.4, -0.2) is 44.5 Å². The molecule has 3 rings (SSSR count). The van der Waals surface area contributed by atoms with Crippen molar-refractivity contribution in [2.24, 2.45) is 0 Å². The van der Waals surface area contributed by atoms with Crippen molar-refractivity contribution in [3.63, 3.8) is 0 Å². The molecule has 1 amide bonds. The van der Waals surface area contributed by atoms with E-state index >= 15 is 0 Å². The molecule has 156 valence electrons. The lowest BCUT2D eigenvalue weighted by Crippen LogP contribution is -2.48. The highest BCUT2D eigenvalue weighted by molar-refractivity contribution is 7.89. The zero-order chi connectivity index (χ0) is 21.2. The smallest absolute Gasteiger partial charge is 0.254 e. The number of hydrogen-bond donors (Lipinski definition) is 1. The van der Waals surface area contributed by atoms with Crippen molar-refractivity contribution in [3.8, 4) is 0 Å². The highest BCUT2D eigenvalue weighted by Gasteiger charge is 2.26. The molecule has 0 spiro atoms. The Morgan fingerprint density at radius 1 is 1.17 bits per heavy atom. The summed E-state index contributed by atoms with van der Waals surface area (Å²) >= 11 is 5.66. The molecule has 1 aliphatic rings. The quantitative estimate of drug-likeness (QED) is 0.774. The third kappa shape index (κ3) is 5.33. The van der Waals surface area contributed by atoms with Gasteiger partial charge in [-0.3, -0.25) is 4.79 Å². The van der Waals surface area contributed by atoms with Gasteiger partial charge in [-0.1, -0.05) is 23.7 Å². The summed E-state index contributed by atoms with van der Waals surface area (Å²) in [7, 11) is -3.84. The molecule has 2 atom stereocenters. The molecule has 1 aliphatic heterocycles. The summed E-state index contributed by atoms with van der Waals surface area (Å²) in [5.74, 6) is -0.769. The number of morpholine rings is 1. The molecule has 2 aromatic rings. The van der Waals surface area contributed by atoms with Crippen molar-refractivity contribution in [2.75, 3.05) is 13.1 Å². The molecule has 6 nitrogen and oxygen atoms in total. The topological polar surface area (TPSA) is 75.7 Å². The SMILES string of the molecule is C[C@@H]1CN(C(=O)c2ccc(CNS(=O)(=O)c3ccc(F)c(Cl)c3)cc2)C[C@@H](C)O1. The summed E-state index contributed by atoms with van der Waals surface area (Å²) in [6, 6.07) is 9.95. The molecule has 0 unspecified atom stereocenters. The molecule has 1 fully saturated rings. The van der Waals surface area contributed by atoms with Crippen LogP contribution in [0.4, 0.5) is 4.39 Å². The molecule has 2 aromatic carbocycles. The van der Waals surface area contributed by atoms with Crippen LogP contribution in [0, 0.1) is 5.82 Å². The van der Waals surface area contributed by atoms with Crippen LogP contribution in [0.25, 0.3) is 0 Å². The molecule has 0 radical (unpaired) electrons. The number of nitrogens with zero attached hydrogens (tertiary/aromatic N) is 1. The van der Waals surface area contributed by atoms with Gasteiger partial charge >= 0.3 is 0 Å². The van der Waals surface area contributed by atoms with Gasteiger partial charge in [-0.2, -0.15) is 0 Å². The van der Waals surface area contributed by atoms with Gasteiger partial charge in [0.2, 0.25) is 10.0 Å². The monoisotopic (exact) mass is 440 g/mol. The van der Waals surface area contributed by atoms with Gasteiger partial charge in [-0.15, -0.1) is 0 Å². The second-order valence-electron chi connectivity index (χ2n) is 7.06. The maximum absolute atomic E-state index is 13.2. The molecule has 9 heteroatoms. The number of sulfonamides is 1. The Labute approximate surface area is 174 Å². The van der Waals surface area contributed by atoms with E-state index in [1.807, 2.05) is 13.8 Å². The van der Waals surface area contributed by atoms with Crippen LogP contribution in [-0.2, 0) is 21.3 Å². The van der Waals surface area contributed by atoms with E-state index in [0.717, 1.165) is 18.2 Å². The van der Waals surface area contributed by atoms with Crippen LogP contribution < -0.4 is 4.72 Å². The number of benzene rings is 2. The lowest BCUT2D eigenvalue weighted by Gasteiger charge is -2.35. The molecule has 0 aliphatic carbocycles. The van der Waals surface area contributed by atoms with Crippen LogP contribution in [0.1, 0.15) is 29.8 Å². The highest BCUT2D eigenvalue weighted by Crippen LogP contribution is 2.20. The molecular weight excluding hydrogens is 419 g/mol. The average Bonchev–Trinajstić information content (AvgIpc) is 2.67. The molecule has 0 saturated carbocycles. The molecule has 1 saturated heterocycles. The average molecular weight is 441 g/mol. The Balaban J connectivity index is 1.64. The summed E-state index contributed by atoms with van der Waals surface area (Å²) in [4.78, 5) is 14.3. The molecule has 1 N–H and O–H groups in total. The van der Waals surface area contributed by atoms with E-state index in [0.29, 0.717) is 24.2 Å². The summed E-state index contributed by atoms with van der Waals surface area (Å²) in [5, 5.41) is -0.262. The number of ether oxygens (including phenoxy) is 1. The second-order valence-corrected chi connectivity index (χ2v) is 9.24. The van der Waals surface area contributed by atoms with E-state index in [1.165, 1.54) is 0 Å². The predicted octanol–water partition coefficient (Wildman–Crippen LogP) is 3.21. The van der Waals surface area contributed by atoms with Crippen LogP contribution in [0.3, 0.4) is 0 Å². The van der Waals surface area contributed by atoms with Gasteiger partial charge in [0, 0.05) is 25.2 Å². The fourth-order valence-electron chi connectivity index (χ4n) is 3.20. The van der Waals surface area contributed by atoms with Crippen LogP contribution in [0.2, 0.25) is 5.02 Å². The number of carbonyl (C=O) groups is 1. The van der Waals surface area contributed by atoms with E-state index in [2.05, 4.69) is 4.72 Å². The number of nitrogens with one attached hydrogen (secondary N) is 1. The summed E-state index contributed by atoms with van der Waals surface area (Å²) in [6.45, 7) is 4.95. The maximum atomic E-state index is 13.2. The fourth-order valence-corrected chi connectivity index (χ4v) is 4.49. The number of amides is 1. The Kier molecular flexibility index (Phi) is 6.58. The van der Waals surface area contributed by atoms with Gasteiger partial charge in [0.1, 0.15) is 5.82 Å². The Morgan fingerprint density at radius 2 is 1.79 bits per heavy atom. The van der Waals surface area contributed by atoms with Gasteiger partial charge in [0.25, 0.3) is 5.91 Å². The second kappa shape index (κ2) is 8.79. The largest absolute Gasteiger partial charge is 0.372 e.